The summed E-state index contributed by atoms with van der Waals surface area (Å²) >= 11 is 0. The standard InChI is InChI=1S/C16H30N2O4/c1-15(2,3)22-14(19)18-8-6-7-12(10-18)17-9-13-11-20-16(4,5)21-13/h12-13,17H,6-11H2,1-5H3. The van der Waals surface area contributed by atoms with Gasteiger partial charge in [0.25, 0.3) is 0 Å². The number of carbonyl (C=O) groups is 1. The predicted octanol–water partition coefficient (Wildman–Crippen LogP) is 2.13. The number of nitrogens with one attached hydrogen (secondary N) is 1. The van der Waals surface area contributed by atoms with Crippen LogP contribution in [-0.2, 0) is 14.2 Å². The summed E-state index contributed by atoms with van der Waals surface area (Å²) < 4.78 is 16.8. The van der Waals surface area contributed by atoms with Crippen LogP contribution in [0.4, 0.5) is 4.79 Å². The minimum absolute atomic E-state index is 0.0758. The van der Waals surface area contributed by atoms with Crippen LogP contribution < -0.4 is 5.32 Å². The van der Waals surface area contributed by atoms with Crippen LogP contribution in [0.5, 0.6) is 0 Å². The summed E-state index contributed by atoms with van der Waals surface area (Å²) in [6, 6.07) is 0.286. The Balaban J connectivity index is 1.75. The maximum atomic E-state index is 12.1. The van der Waals surface area contributed by atoms with Crippen LogP contribution in [0, 0.1) is 0 Å². The van der Waals surface area contributed by atoms with E-state index in [1.807, 2.05) is 34.6 Å². The third kappa shape index (κ3) is 5.41. The zero-order valence-corrected chi connectivity index (χ0v) is 14.5. The highest BCUT2D eigenvalue weighted by Gasteiger charge is 2.33. The lowest BCUT2D eigenvalue weighted by Gasteiger charge is -2.34. The Bertz CT molecular complexity index is 392. The number of hydrogen-bond acceptors (Lipinski definition) is 5. The fraction of sp³-hybridized carbons (Fsp3) is 0.938. The fourth-order valence-corrected chi connectivity index (χ4v) is 2.80. The Morgan fingerprint density at radius 2 is 2.14 bits per heavy atom. The van der Waals surface area contributed by atoms with E-state index in [4.69, 9.17) is 14.2 Å². The number of hydrogen-bond donors (Lipinski definition) is 1. The Labute approximate surface area is 133 Å². The minimum Gasteiger partial charge on any atom is -0.444 e. The number of amides is 1. The first-order valence-electron chi connectivity index (χ1n) is 8.18. The lowest BCUT2D eigenvalue weighted by atomic mass is 10.1. The van der Waals surface area contributed by atoms with Crippen molar-refractivity contribution in [3.8, 4) is 0 Å². The van der Waals surface area contributed by atoms with E-state index in [-0.39, 0.29) is 18.2 Å². The molecule has 2 unspecified atom stereocenters. The first kappa shape index (κ1) is 17.5. The largest absolute Gasteiger partial charge is 0.444 e. The van der Waals surface area contributed by atoms with Crippen molar-refractivity contribution >= 4 is 6.09 Å². The molecule has 0 aliphatic carbocycles. The molecule has 6 heteroatoms. The molecule has 0 aromatic heterocycles. The molecule has 0 radical (unpaired) electrons. The van der Waals surface area contributed by atoms with Gasteiger partial charge in [-0.15, -0.1) is 0 Å². The van der Waals surface area contributed by atoms with E-state index in [1.54, 1.807) is 4.90 Å². The Kier molecular flexibility index (Phi) is 5.35. The molecule has 0 aromatic carbocycles. The van der Waals surface area contributed by atoms with Crippen LogP contribution in [0.1, 0.15) is 47.5 Å². The van der Waals surface area contributed by atoms with E-state index in [1.165, 1.54) is 0 Å². The topological polar surface area (TPSA) is 60.0 Å². The van der Waals surface area contributed by atoms with Gasteiger partial charge in [-0.3, -0.25) is 0 Å². The third-order valence-electron chi connectivity index (χ3n) is 3.77. The van der Waals surface area contributed by atoms with Crippen LogP contribution >= 0.6 is 0 Å². The summed E-state index contributed by atoms with van der Waals surface area (Å²) in [5, 5.41) is 3.49. The average molecular weight is 314 g/mol. The molecule has 2 heterocycles. The Morgan fingerprint density at radius 3 is 2.73 bits per heavy atom. The molecule has 0 bridgehead atoms. The monoisotopic (exact) mass is 314 g/mol. The van der Waals surface area contributed by atoms with Gasteiger partial charge in [-0.1, -0.05) is 0 Å². The molecule has 128 valence electrons. The lowest BCUT2D eigenvalue weighted by molar-refractivity contribution is -0.138. The van der Waals surface area contributed by atoms with Gasteiger partial charge in [0.05, 0.1) is 12.7 Å². The second kappa shape index (κ2) is 6.72. The number of nitrogens with zero attached hydrogens (tertiary/aromatic N) is 1. The average Bonchev–Trinajstić information content (AvgIpc) is 2.74. The molecule has 2 aliphatic heterocycles. The van der Waals surface area contributed by atoms with Gasteiger partial charge >= 0.3 is 6.09 Å². The molecular formula is C16H30N2O4. The van der Waals surface area contributed by atoms with Gasteiger partial charge in [0.2, 0.25) is 0 Å². The van der Waals surface area contributed by atoms with Gasteiger partial charge in [0, 0.05) is 25.7 Å². The minimum atomic E-state index is -0.485. The van der Waals surface area contributed by atoms with Crippen LogP contribution in [0.15, 0.2) is 0 Å². The van der Waals surface area contributed by atoms with Crippen molar-refractivity contribution in [3.05, 3.63) is 0 Å². The van der Waals surface area contributed by atoms with Crippen molar-refractivity contribution in [1.82, 2.24) is 10.2 Å². The van der Waals surface area contributed by atoms with Crippen LogP contribution in [0.3, 0.4) is 0 Å². The van der Waals surface area contributed by atoms with Crippen molar-refractivity contribution in [2.24, 2.45) is 0 Å². The molecule has 2 atom stereocenters. The van der Waals surface area contributed by atoms with E-state index in [0.717, 1.165) is 25.9 Å². The van der Waals surface area contributed by atoms with Crippen molar-refractivity contribution in [3.63, 3.8) is 0 Å². The first-order chi connectivity index (χ1) is 10.1. The van der Waals surface area contributed by atoms with Gasteiger partial charge in [0.1, 0.15) is 5.60 Å². The molecular weight excluding hydrogens is 284 g/mol. The Morgan fingerprint density at radius 1 is 1.41 bits per heavy atom. The number of ether oxygens (including phenoxy) is 3. The zero-order valence-electron chi connectivity index (χ0n) is 14.5. The first-order valence-corrected chi connectivity index (χ1v) is 8.18. The van der Waals surface area contributed by atoms with Gasteiger partial charge in [-0.25, -0.2) is 4.79 Å². The fourth-order valence-electron chi connectivity index (χ4n) is 2.80. The molecule has 2 rings (SSSR count). The number of likely N-dealkylation sites (tertiary alicyclic amines) is 1. The molecule has 2 saturated heterocycles. The molecule has 1 N–H and O–H groups in total. The summed E-state index contributed by atoms with van der Waals surface area (Å²) in [7, 11) is 0. The van der Waals surface area contributed by atoms with Crippen molar-refractivity contribution in [2.75, 3.05) is 26.2 Å². The molecule has 2 fully saturated rings. The van der Waals surface area contributed by atoms with Crippen molar-refractivity contribution in [2.45, 2.75) is 71.0 Å². The molecule has 1 amide bonds. The molecule has 2 aliphatic rings. The van der Waals surface area contributed by atoms with Crippen LogP contribution in [-0.4, -0.2) is 60.8 Å². The van der Waals surface area contributed by atoms with Crippen LogP contribution in [0.2, 0.25) is 0 Å². The summed E-state index contributed by atoms with van der Waals surface area (Å²) in [5.41, 5.74) is -0.446. The number of carbonyl (C=O) groups excluding carboxylic acids is 1. The highest BCUT2D eigenvalue weighted by atomic mass is 16.7. The zero-order chi connectivity index (χ0) is 16.4. The van der Waals surface area contributed by atoms with E-state index in [2.05, 4.69) is 5.32 Å². The van der Waals surface area contributed by atoms with Gasteiger partial charge in [0.15, 0.2) is 5.79 Å². The van der Waals surface area contributed by atoms with E-state index >= 15 is 0 Å². The molecule has 22 heavy (non-hydrogen) atoms. The second-order valence-corrected chi connectivity index (χ2v) is 7.62. The number of rotatable bonds is 3. The Hall–Kier alpha value is -0.850. The lowest BCUT2D eigenvalue weighted by Crippen LogP contribution is -2.50. The second-order valence-electron chi connectivity index (χ2n) is 7.62. The summed E-state index contributed by atoms with van der Waals surface area (Å²) in [5.74, 6) is -0.485. The molecule has 0 saturated carbocycles. The normalized spacial score (nSPS) is 28.7. The SMILES string of the molecule is CC(C)(C)OC(=O)N1CCCC(NCC2COC(C)(C)O2)C1. The number of piperidine rings is 1. The van der Waals surface area contributed by atoms with Gasteiger partial charge in [-0.2, -0.15) is 0 Å². The smallest absolute Gasteiger partial charge is 0.410 e. The van der Waals surface area contributed by atoms with Crippen molar-refractivity contribution in [1.29, 1.82) is 0 Å². The quantitative estimate of drug-likeness (QED) is 0.865. The maximum absolute atomic E-state index is 12.1. The highest BCUT2D eigenvalue weighted by molar-refractivity contribution is 5.68. The predicted molar refractivity (Wildman–Crippen MR) is 83.7 cm³/mol. The van der Waals surface area contributed by atoms with E-state index in [9.17, 15) is 4.79 Å². The van der Waals surface area contributed by atoms with Crippen LogP contribution in [0.25, 0.3) is 0 Å². The van der Waals surface area contributed by atoms with E-state index in [0.29, 0.717) is 13.2 Å². The van der Waals surface area contributed by atoms with E-state index < -0.39 is 11.4 Å². The molecule has 6 nitrogen and oxygen atoms in total. The maximum Gasteiger partial charge on any atom is 0.410 e. The third-order valence-corrected chi connectivity index (χ3v) is 3.77. The van der Waals surface area contributed by atoms with Gasteiger partial charge < -0.3 is 24.4 Å². The summed E-state index contributed by atoms with van der Waals surface area (Å²) in [6.07, 6.45) is 1.91. The molecule has 0 aromatic rings. The summed E-state index contributed by atoms with van der Waals surface area (Å²) in [4.78, 5) is 13.9. The highest BCUT2D eigenvalue weighted by Crippen LogP contribution is 2.22. The summed E-state index contributed by atoms with van der Waals surface area (Å²) in [6.45, 7) is 12.3. The van der Waals surface area contributed by atoms with Gasteiger partial charge in [-0.05, 0) is 47.5 Å². The molecule has 0 spiro atoms. The van der Waals surface area contributed by atoms with Crippen molar-refractivity contribution < 1.29 is 19.0 Å².